The van der Waals surface area contributed by atoms with E-state index in [0.29, 0.717) is 12.2 Å². The maximum Gasteiger partial charge on any atom is 0.340 e. The molecule has 2 rings (SSSR count). The molecule has 0 unspecified atom stereocenters. The number of rotatable bonds is 2. The van der Waals surface area contributed by atoms with Crippen molar-refractivity contribution in [1.82, 2.24) is 9.55 Å². The summed E-state index contributed by atoms with van der Waals surface area (Å²) in [7, 11) is 1.86. The van der Waals surface area contributed by atoms with E-state index < -0.39 is 0 Å². The molecule has 15 heavy (non-hydrogen) atoms. The molecule has 0 bridgehead atoms. The zero-order valence-corrected chi connectivity index (χ0v) is 8.73. The average Bonchev–Trinajstić information content (AvgIpc) is 2.61. The smallest absolute Gasteiger partial charge is 0.340 e. The van der Waals surface area contributed by atoms with Crippen LogP contribution in [0.25, 0.3) is 11.0 Å². The Bertz CT molecular complexity index is 502. The van der Waals surface area contributed by atoms with Crippen LogP contribution in [0.2, 0.25) is 0 Å². The Balaban J connectivity index is 2.59. The number of imidazole rings is 1. The highest BCUT2D eigenvalue weighted by Gasteiger charge is 2.13. The van der Waals surface area contributed by atoms with E-state index in [1.165, 1.54) is 0 Å². The standard InChI is InChI=1S/C11H12N2O2/c1-3-15-11(14)8-5-4-6-9-10(8)13(2)7-12-9/h4-7H,3H2,1-2H3. The molecule has 4 nitrogen and oxygen atoms in total. The predicted molar refractivity (Wildman–Crippen MR) is 56.7 cm³/mol. The fraction of sp³-hybridized carbons (Fsp3) is 0.273. The first-order valence-corrected chi connectivity index (χ1v) is 4.81. The van der Waals surface area contributed by atoms with Gasteiger partial charge < -0.3 is 9.30 Å². The van der Waals surface area contributed by atoms with Crippen LogP contribution in [-0.4, -0.2) is 22.1 Å². The van der Waals surface area contributed by atoms with Crippen molar-refractivity contribution in [2.24, 2.45) is 7.05 Å². The summed E-state index contributed by atoms with van der Waals surface area (Å²) in [5.41, 5.74) is 2.19. The van der Waals surface area contributed by atoms with E-state index in [2.05, 4.69) is 4.98 Å². The lowest BCUT2D eigenvalue weighted by Gasteiger charge is -2.04. The minimum Gasteiger partial charge on any atom is -0.462 e. The number of aromatic nitrogens is 2. The Labute approximate surface area is 87.5 Å². The summed E-state index contributed by atoms with van der Waals surface area (Å²) in [6, 6.07) is 5.43. The quantitative estimate of drug-likeness (QED) is 0.700. The first-order chi connectivity index (χ1) is 7.24. The number of hydrogen-bond donors (Lipinski definition) is 0. The highest BCUT2D eigenvalue weighted by Crippen LogP contribution is 2.17. The molecule has 78 valence electrons. The second-order valence-electron chi connectivity index (χ2n) is 3.25. The summed E-state index contributed by atoms with van der Waals surface area (Å²) in [5.74, 6) is -0.299. The van der Waals surface area contributed by atoms with Gasteiger partial charge in [-0.3, -0.25) is 0 Å². The van der Waals surface area contributed by atoms with Gasteiger partial charge in [0, 0.05) is 7.05 Å². The van der Waals surface area contributed by atoms with Crippen LogP contribution < -0.4 is 0 Å². The summed E-state index contributed by atoms with van der Waals surface area (Å²) in [6.45, 7) is 2.17. The molecule has 0 amide bonds. The topological polar surface area (TPSA) is 44.1 Å². The molecule has 0 radical (unpaired) electrons. The fourth-order valence-electron chi connectivity index (χ4n) is 1.59. The van der Waals surface area contributed by atoms with Crippen molar-refractivity contribution in [1.29, 1.82) is 0 Å². The largest absolute Gasteiger partial charge is 0.462 e. The first-order valence-electron chi connectivity index (χ1n) is 4.81. The predicted octanol–water partition coefficient (Wildman–Crippen LogP) is 1.75. The third-order valence-electron chi connectivity index (χ3n) is 2.23. The molecule has 0 aliphatic rings. The van der Waals surface area contributed by atoms with Crippen molar-refractivity contribution in [2.45, 2.75) is 6.92 Å². The molecule has 2 aromatic rings. The normalized spacial score (nSPS) is 10.5. The Morgan fingerprint density at radius 2 is 2.33 bits per heavy atom. The van der Waals surface area contributed by atoms with Crippen molar-refractivity contribution in [3.05, 3.63) is 30.1 Å². The van der Waals surface area contributed by atoms with Gasteiger partial charge in [-0.15, -0.1) is 0 Å². The number of aryl methyl sites for hydroxylation is 1. The maximum atomic E-state index is 11.6. The number of para-hydroxylation sites is 1. The monoisotopic (exact) mass is 204 g/mol. The molecule has 4 heteroatoms. The molecule has 0 aliphatic heterocycles. The van der Waals surface area contributed by atoms with Crippen molar-refractivity contribution in [2.75, 3.05) is 6.61 Å². The van der Waals surface area contributed by atoms with Gasteiger partial charge in [-0.05, 0) is 19.1 Å². The second kappa shape index (κ2) is 3.73. The molecule has 0 saturated carbocycles. The third kappa shape index (κ3) is 1.58. The van der Waals surface area contributed by atoms with Gasteiger partial charge in [0.25, 0.3) is 0 Å². The number of carbonyl (C=O) groups excluding carboxylic acids is 1. The molecular weight excluding hydrogens is 192 g/mol. The minimum atomic E-state index is -0.299. The number of nitrogens with zero attached hydrogens (tertiary/aromatic N) is 2. The molecule has 1 aromatic carbocycles. The molecular formula is C11H12N2O2. The van der Waals surface area contributed by atoms with Gasteiger partial charge in [0.15, 0.2) is 0 Å². The summed E-state index contributed by atoms with van der Waals surface area (Å²) >= 11 is 0. The lowest BCUT2D eigenvalue weighted by Crippen LogP contribution is -2.06. The number of esters is 1. The van der Waals surface area contributed by atoms with Gasteiger partial charge in [-0.1, -0.05) is 6.07 Å². The number of fused-ring (bicyclic) bond motifs is 1. The lowest BCUT2D eigenvalue weighted by atomic mass is 10.2. The molecule has 0 saturated heterocycles. The molecule has 0 N–H and O–H groups in total. The van der Waals surface area contributed by atoms with Gasteiger partial charge >= 0.3 is 5.97 Å². The van der Waals surface area contributed by atoms with Crippen LogP contribution in [0.4, 0.5) is 0 Å². The number of hydrogen-bond acceptors (Lipinski definition) is 3. The van der Waals surface area contributed by atoms with Crippen molar-refractivity contribution >= 4 is 17.0 Å². The molecule has 1 aromatic heterocycles. The average molecular weight is 204 g/mol. The highest BCUT2D eigenvalue weighted by molar-refractivity contribution is 6.02. The van der Waals surface area contributed by atoms with Crippen LogP contribution in [0, 0.1) is 0 Å². The van der Waals surface area contributed by atoms with E-state index in [0.717, 1.165) is 11.0 Å². The fourth-order valence-corrected chi connectivity index (χ4v) is 1.59. The first kappa shape index (κ1) is 9.71. The summed E-state index contributed by atoms with van der Waals surface area (Å²) in [5, 5.41) is 0. The van der Waals surface area contributed by atoms with E-state index in [4.69, 9.17) is 4.74 Å². The summed E-state index contributed by atoms with van der Waals surface area (Å²) in [6.07, 6.45) is 1.69. The van der Waals surface area contributed by atoms with Gasteiger partial charge in [0.1, 0.15) is 0 Å². The van der Waals surface area contributed by atoms with Gasteiger partial charge in [0.2, 0.25) is 0 Å². The Morgan fingerprint density at radius 1 is 1.53 bits per heavy atom. The van der Waals surface area contributed by atoms with E-state index in [1.54, 1.807) is 19.3 Å². The third-order valence-corrected chi connectivity index (χ3v) is 2.23. The van der Waals surface area contributed by atoms with Crippen LogP contribution in [-0.2, 0) is 11.8 Å². The maximum absolute atomic E-state index is 11.6. The van der Waals surface area contributed by atoms with E-state index in [1.807, 2.05) is 23.7 Å². The van der Waals surface area contributed by atoms with Gasteiger partial charge in [-0.2, -0.15) is 0 Å². The minimum absolute atomic E-state index is 0.299. The van der Waals surface area contributed by atoms with Crippen LogP contribution in [0.5, 0.6) is 0 Å². The van der Waals surface area contributed by atoms with E-state index in [-0.39, 0.29) is 5.97 Å². The van der Waals surface area contributed by atoms with Crippen molar-refractivity contribution in [3.8, 4) is 0 Å². The highest BCUT2D eigenvalue weighted by atomic mass is 16.5. The lowest BCUT2D eigenvalue weighted by molar-refractivity contribution is 0.0528. The molecule has 0 atom stereocenters. The number of benzene rings is 1. The van der Waals surface area contributed by atoms with E-state index in [9.17, 15) is 4.79 Å². The molecule has 0 aliphatic carbocycles. The SMILES string of the molecule is CCOC(=O)c1cccc2ncn(C)c12. The molecule has 0 spiro atoms. The van der Waals surface area contributed by atoms with Crippen molar-refractivity contribution < 1.29 is 9.53 Å². The van der Waals surface area contributed by atoms with Crippen LogP contribution in [0.15, 0.2) is 24.5 Å². The van der Waals surface area contributed by atoms with E-state index >= 15 is 0 Å². The van der Waals surface area contributed by atoms with Crippen molar-refractivity contribution in [3.63, 3.8) is 0 Å². The zero-order chi connectivity index (χ0) is 10.8. The zero-order valence-electron chi connectivity index (χ0n) is 8.73. The van der Waals surface area contributed by atoms with Crippen LogP contribution in [0.1, 0.15) is 17.3 Å². The Kier molecular flexibility index (Phi) is 2.41. The molecule has 0 fully saturated rings. The van der Waals surface area contributed by atoms with Crippen LogP contribution >= 0.6 is 0 Å². The van der Waals surface area contributed by atoms with Crippen LogP contribution in [0.3, 0.4) is 0 Å². The molecule has 1 heterocycles. The van der Waals surface area contributed by atoms with Gasteiger partial charge in [-0.25, -0.2) is 9.78 Å². The Hall–Kier alpha value is -1.84. The summed E-state index contributed by atoms with van der Waals surface area (Å²) in [4.78, 5) is 15.8. The Morgan fingerprint density at radius 3 is 3.07 bits per heavy atom. The number of ether oxygens (including phenoxy) is 1. The summed E-state index contributed by atoms with van der Waals surface area (Å²) < 4.78 is 6.80. The van der Waals surface area contributed by atoms with Gasteiger partial charge in [0.05, 0.1) is 29.5 Å². The second-order valence-corrected chi connectivity index (χ2v) is 3.25. The number of carbonyl (C=O) groups is 1.